The minimum absolute atomic E-state index is 0.0736. The largest absolute Gasteiger partial charge is 0.514 e. The number of ether oxygens (including phenoxy) is 3. The van der Waals surface area contributed by atoms with Crippen LogP contribution >= 0.6 is 0 Å². The Kier molecular flexibility index (Phi) is 5.06. The molecule has 2 rings (SSSR count). The third kappa shape index (κ3) is 5.06. The molecule has 0 radical (unpaired) electrons. The first-order chi connectivity index (χ1) is 10.3. The number of carbonyl (C=O) groups is 1. The molecule has 22 heavy (non-hydrogen) atoms. The molecule has 1 aliphatic rings. The molecule has 0 aromatic heterocycles. The highest BCUT2D eigenvalue weighted by Crippen LogP contribution is 2.23. The Bertz CT molecular complexity index is 582. The van der Waals surface area contributed by atoms with Crippen LogP contribution in [0.5, 0.6) is 11.5 Å². The first kappa shape index (κ1) is 16.3. The highest BCUT2D eigenvalue weighted by molar-refractivity contribution is 5.64. The minimum Gasteiger partial charge on any atom is -0.490 e. The first-order valence-electron chi connectivity index (χ1n) is 7.55. The third-order valence-electron chi connectivity index (χ3n) is 3.23. The topological polar surface area (TPSA) is 61.8 Å². The Hall–Kier alpha value is -2.04. The maximum atomic E-state index is 11.9. The molecule has 1 fully saturated rings. The summed E-state index contributed by atoms with van der Waals surface area (Å²) < 4.78 is 15.8. The fourth-order valence-electron chi connectivity index (χ4n) is 2.26. The molecule has 0 amide bonds. The van der Waals surface area contributed by atoms with Gasteiger partial charge in [0.2, 0.25) is 5.43 Å². The standard InChI is InChI=1S/C17H22O5/c1-17(2,3)22-16(19)21-15-11-9-13(8-10-14(15)18)20-12-6-4-5-7-12/h8-12H,4-7H2,1-3H3. The molecule has 0 unspecified atom stereocenters. The van der Waals surface area contributed by atoms with Gasteiger partial charge in [-0.25, -0.2) is 4.79 Å². The fourth-order valence-corrected chi connectivity index (χ4v) is 2.26. The molecular weight excluding hydrogens is 284 g/mol. The van der Waals surface area contributed by atoms with Gasteiger partial charge in [-0.3, -0.25) is 4.79 Å². The zero-order valence-electron chi connectivity index (χ0n) is 13.3. The molecule has 0 N–H and O–H groups in total. The van der Waals surface area contributed by atoms with Gasteiger partial charge in [0, 0.05) is 0 Å². The van der Waals surface area contributed by atoms with E-state index in [9.17, 15) is 9.59 Å². The predicted octanol–water partition coefficient (Wildman–Crippen LogP) is 3.68. The summed E-state index contributed by atoms with van der Waals surface area (Å²) in [6.07, 6.45) is 3.71. The van der Waals surface area contributed by atoms with E-state index >= 15 is 0 Å². The summed E-state index contributed by atoms with van der Waals surface area (Å²) in [6.45, 7) is 5.18. The summed E-state index contributed by atoms with van der Waals surface area (Å²) in [5.74, 6) is 0.526. The molecule has 0 bridgehead atoms. The van der Waals surface area contributed by atoms with Crippen LogP contribution in [0, 0.1) is 0 Å². The second-order valence-corrected chi connectivity index (χ2v) is 6.39. The van der Waals surface area contributed by atoms with Crippen molar-refractivity contribution in [3.63, 3.8) is 0 Å². The van der Waals surface area contributed by atoms with E-state index in [4.69, 9.17) is 14.2 Å². The summed E-state index contributed by atoms with van der Waals surface area (Å²) in [7, 11) is 0. The number of carbonyl (C=O) groups excluding carboxylic acids is 1. The summed E-state index contributed by atoms with van der Waals surface area (Å²) in [5.41, 5.74) is -1.07. The molecule has 0 atom stereocenters. The SMILES string of the molecule is CC(C)(C)OC(=O)Oc1ccc(OC2CCCC2)ccc1=O. The Morgan fingerprint density at radius 2 is 1.73 bits per heavy atom. The third-order valence-corrected chi connectivity index (χ3v) is 3.23. The van der Waals surface area contributed by atoms with Crippen LogP contribution in [0.25, 0.3) is 0 Å². The second-order valence-electron chi connectivity index (χ2n) is 6.39. The van der Waals surface area contributed by atoms with Gasteiger partial charge in [0.05, 0.1) is 6.10 Å². The van der Waals surface area contributed by atoms with Crippen LogP contribution in [0.3, 0.4) is 0 Å². The van der Waals surface area contributed by atoms with Gasteiger partial charge < -0.3 is 14.2 Å². The van der Waals surface area contributed by atoms with Crippen molar-refractivity contribution in [3.05, 3.63) is 34.5 Å². The molecule has 5 heteroatoms. The number of rotatable bonds is 3. The average molecular weight is 306 g/mol. The van der Waals surface area contributed by atoms with E-state index in [2.05, 4.69) is 0 Å². The summed E-state index contributed by atoms with van der Waals surface area (Å²) in [5, 5.41) is 0. The van der Waals surface area contributed by atoms with E-state index in [1.807, 2.05) is 0 Å². The summed E-state index contributed by atoms with van der Waals surface area (Å²) in [4.78, 5) is 23.6. The van der Waals surface area contributed by atoms with Gasteiger partial charge in [-0.05, 0) is 70.7 Å². The Labute approximate surface area is 130 Å². The fraction of sp³-hybridized carbons (Fsp3) is 0.529. The van der Waals surface area contributed by atoms with Crippen LogP contribution in [0.15, 0.2) is 29.1 Å². The van der Waals surface area contributed by atoms with Gasteiger partial charge in [-0.15, -0.1) is 0 Å². The van der Waals surface area contributed by atoms with Crippen molar-refractivity contribution < 1.29 is 19.0 Å². The van der Waals surface area contributed by atoms with Crippen LogP contribution in [-0.2, 0) is 4.74 Å². The van der Waals surface area contributed by atoms with E-state index in [0.29, 0.717) is 5.75 Å². The average Bonchev–Trinajstić information content (AvgIpc) is 2.84. The molecule has 5 nitrogen and oxygen atoms in total. The molecule has 1 saturated carbocycles. The highest BCUT2D eigenvalue weighted by atomic mass is 16.7. The van der Waals surface area contributed by atoms with E-state index in [-0.39, 0.29) is 11.9 Å². The molecule has 1 aromatic rings. The van der Waals surface area contributed by atoms with E-state index < -0.39 is 17.2 Å². The van der Waals surface area contributed by atoms with E-state index in [1.165, 1.54) is 25.0 Å². The molecule has 0 heterocycles. The molecule has 1 aromatic carbocycles. The number of hydrogen-bond donors (Lipinski definition) is 0. The van der Waals surface area contributed by atoms with Crippen molar-refractivity contribution >= 4 is 6.16 Å². The normalized spacial score (nSPS) is 15.4. The summed E-state index contributed by atoms with van der Waals surface area (Å²) in [6, 6.07) is 6.02. The van der Waals surface area contributed by atoms with Gasteiger partial charge in [-0.2, -0.15) is 0 Å². The smallest absolute Gasteiger partial charge is 0.490 e. The quantitative estimate of drug-likeness (QED) is 0.797. The zero-order chi connectivity index (χ0) is 16.2. The van der Waals surface area contributed by atoms with Crippen LogP contribution in [0.4, 0.5) is 4.79 Å². The minimum atomic E-state index is -0.894. The van der Waals surface area contributed by atoms with Crippen molar-refractivity contribution in [2.24, 2.45) is 0 Å². The van der Waals surface area contributed by atoms with Crippen molar-refractivity contribution in [3.8, 4) is 11.5 Å². The Morgan fingerprint density at radius 1 is 1.09 bits per heavy atom. The van der Waals surface area contributed by atoms with Crippen LogP contribution < -0.4 is 14.9 Å². The predicted molar refractivity (Wildman–Crippen MR) is 82.5 cm³/mol. The van der Waals surface area contributed by atoms with Crippen LogP contribution in [0.2, 0.25) is 0 Å². The molecule has 120 valence electrons. The molecule has 1 aliphatic carbocycles. The Morgan fingerprint density at radius 3 is 2.36 bits per heavy atom. The monoisotopic (exact) mass is 306 g/mol. The molecular formula is C17H22O5. The van der Waals surface area contributed by atoms with Gasteiger partial charge in [0.15, 0.2) is 5.75 Å². The molecule has 0 spiro atoms. The van der Waals surface area contributed by atoms with E-state index in [1.54, 1.807) is 32.9 Å². The number of hydrogen-bond acceptors (Lipinski definition) is 5. The van der Waals surface area contributed by atoms with Crippen molar-refractivity contribution in [2.45, 2.75) is 58.2 Å². The van der Waals surface area contributed by atoms with Crippen molar-refractivity contribution in [2.75, 3.05) is 0 Å². The van der Waals surface area contributed by atoms with Crippen LogP contribution in [-0.4, -0.2) is 17.9 Å². The van der Waals surface area contributed by atoms with Gasteiger partial charge in [0.1, 0.15) is 11.4 Å². The summed E-state index contributed by atoms with van der Waals surface area (Å²) >= 11 is 0. The Balaban J connectivity index is 2.07. The lowest BCUT2D eigenvalue weighted by molar-refractivity contribution is 0.0204. The van der Waals surface area contributed by atoms with Crippen molar-refractivity contribution in [1.29, 1.82) is 0 Å². The van der Waals surface area contributed by atoms with Crippen molar-refractivity contribution in [1.82, 2.24) is 0 Å². The van der Waals surface area contributed by atoms with Gasteiger partial charge in [-0.1, -0.05) is 0 Å². The van der Waals surface area contributed by atoms with Gasteiger partial charge >= 0.3 is 6.16 Å². The lowest BCUT2D eigenvalue weighted by Crippen LogP contribution is -2.26. The van der Waals surface area contributed by atoms with Gasteiger partial charge in [0.25, 0.3) is 0 Å². The van der Waals surface area contributed by atoms with E-state index in [0.717, 1.165) is 12.8 Å². The first-order valence-corrected chi connectivity index (χ1v) is 7.55. The maximum absolute atomic E-state index is 11.9. The zero-order valence-corrected chi connectivity index (χ0v) is 13.3. The lowest BCUT2D eigenvalue weighted by Gasteiger charge is -2.18. The molecule has 0 aliphatic heterocycles. The highest BCUT2D eigenvalue weighted by Gasteiger charge is 2.19. The van der Waals surface area contributed by atoms with Crippen LogP contribution in [0.1, 0.15) is 46.5 Å². The maximum Gasteiger partial charge on any atom is 0.514 e. The molecule has 0 saturated heterocycles. The second kappa shape index (κ2) is 6.81. The lowest BCUT2D eigenvalue weighted by atomic mass is 10.2.